The maximum absolute atomic E-state index is 12.7. The Morgan fingerprint density at radius 3 is 2.08 bits per heavy atom. The summed E-state index contributed by atoms with van der Waals surface area (Å²) in [5, 5.41) is 8.32. The van der Waals surface area contributed by atoms with E-state index in [-0.39, 0.29) is 50.4 Å². The van der Waals surface area contributed by atoms with Crippen LogP contribution in [-0.4, -0.2) is 48.6 Å². The van der Waals surface area contributed by atoms with Gasteiger partial charge in [-0.15, -0.1) is 0 Å². The van der Waals surface area contributed by atoms with Crippen LogP contribution in [0.5, 0.6) is 0 Å². The quantitative estimate of drug-likeness (QED) is 0.344. The van der Waals surface area contributed by atoms with Gasteiger partial charge in [-0.3, -0.25) is 14.4 Å². The first-order chi connectivity index (χ1) is 18.0. The van der Waals surface area contributed by atoms with Crippen molar-refractivity contribution >= 4 is 23.9 Å². The zero-order valence-corrected chi connectivity index (χ0v) is 22.6. The molecule has 0 spiro atoms. The van der Waals surface area contributed by atoms with Crippen molar-refractivity contribution in [2.45, 2.75) is 65.2 Å². The largest absolute Gasteiger partial charge is 0.461 e. The second kappa shape index (κ2) is 15.4. The normalized spacial score (nSPS) is 12.5. The number of carbonyl (C=O) groups excluding carboxylic acids is 4. The number of hydrogen-bond acceptors (Lipinski definition) is 6. The lowest BCUT2D eigenvalue weighted by Crippen LogP contribution is -2.46. The molecular formula is C29H39N3O6. The third kappa shape index (κ3) is 12.9. The molecule has 2 atom stereocenters. The number of esters is 1. The predicted molar refractivity (Wildman–Crippen MR) is 144 cm³/mol. The summed E-state index contributed by atoms with van der Waals surface area (Å²) in [5.41, 5.74) is 1.25. The van der Waals surface area contributed by atoms with Crippen molar-refractivity contribution in [1.82, 2.24) is 16.0 Å². The monoisotopic (exact) mass is 525 g/mol. The van der Waals surface area contributed by atoms with Crippen LogP contribution >= 0.6 is 0 Å². The molecule has 0 unspecified atom stereocenters. The standard InChI is InChI=1S/C29H39N3O6/c1-21(17-26(34)37-20-23-13-9-6-10-14-23)27(35)31-19-24(18-22-11-7-5-8-12-22)32-25(33)15-16-30-28(36)38-29(2,3)4/h5-14,21,24H,15-20H2,1-4H3,(H,30,36)(H,31,35)(H,32,33)/t21-,24-/m0/s1. The molecule has 0 aromatic heterocycles. The molecule has 2 rings (SSSR count). The van der Waals surface area contributed by atoms with Gasteiger partial charge in [0.15, 0.2) is 0 Å². The molecule has 0 aliphatic carbocycles. The van der Waals surface area contributed by atoms with Crippen LogP contribution in [0.25, 0.3) is 0 Å². The fraction of sp³-hybridized carbons (Fsp3) is 0.448. The van der Waals surface area contributed by atoms with E-state index in [0.29, 0.717) is 6.42 Å². The molecule has 0 radical (unpaired) electrons. The van der Waals surface area contributed by atoms with Gasteiger partial charge < -0.3 is 25.4 Å². The zero-order valence-electron chi connectivity index (χ0n) is 22.6. The van der Waals surface area contributed by atoms with Gasteiger partial charge in [-0.2, -0.15) is 0 Å². The molecule has 2 aromatic rings. The number of ether oxygens (including phenoxy) is 2. The third-order valence-corrected chi connectivity index (χ3v) is 5.40. The number of benzene rings is 2. The molecule has 0 saturated carbocycles. The van der Waals surface area contributed by atoms with Gasteiger partial charge in [0.1, 0.15) is 12.2 Å². The highest BCUT2D eigenvalue weighted by Crippen LogP contribution is 2.09. The summed E-state index contributed by atoms with van der Waals surface area (Å²) in [4.78, 5) is 49.2. The minimum atomic E-state index is -0.624. The van der Waals surface area contributed by atoms with Gasteiger partial charge in [-0.05, 0) is 38.3 Å². The van der Waals surface area contributed by atoms with Crippen LogP contribution in [0.1, 0.15) is 51.7 Å². The predicted octanol–water partition coefficient (Wildman–Crippen LogP) is 3.51. The second-order valence-electron chi connectivity index (χ2n) is 10.1. The summed E-state index contributed by atoms with van der Waals surface area (Å²) in [7, 11) is 0. The summed E-state index contributed by atoms with van der Waals surface area (Å²) in [6.45, 7) is 7.40. The number of nitrogens with one attached hydrogen (secondary N) is 3. The van der Waals surface area contributed by atoms with Crippen molar-refractivity contribution in [3.63, 3.8) is 0 Å². The SMILES string of the molecule is C[C@@H](CC(=O)OCc1ccccc1)C(=O)NC[C@H](Cc1ccccc1)NC(=O)CCNC(=O)OC(C)(C)C. The van der Waals surface area contributed by atoms with Crippen LogP contribution in [-0.2, 0) is 36.9 Å². The molecule has 9 nitrogen and oxygen atoms in total. The van der Waals surface area contributed by atoms with Crippen LogP contribution in [0.3, 0.4) is 0 Å². The summed E-state index contributed by atoms with van der Waals surface area (Å²) in [5.74, 6) is -1.62. The molecule has 0 heterocycles. The van der Waals surface area contributed by atoms with Crippen molar-refractivity contribution in [2.24, 2.45) is 5.92 Å². The molecule has 0 aliphatic rings. The first-order valence-corrected chi connectivity index (χ1v) is 12.8. The molecule has 0 aliphatic heterocycles. The maximum atomic E-state index is 12.7. The molecule has 2 aromatic carbocycles. The second-order valence-corrected chi connectivity index (χ2v) is 10.1. The van der Waals surface area contributed by atoms with E-state index in [0.717, 1.165) is 11.1 Å². The van der Waals surface area contributed by atoms with Crippen molar-refractivity contribution in [1.29, 1.82) is 0 Å². The summed E-state index contributed by atoms with van der Waals surface area (Å²) in [6, 6.07) is 18.5. The van der Waals surface area contributed by atoms with Crippen LogP contribution in [0.2, 0.25) is 0 Å². The van der Waals surface area contributed by atoms with Gasteiger partial charge in [0.25, 0.3) is 0 Å². The molecule has 3 N–H and O–H groups in total. The summed E-state index contributed by atoms with van der Waals surface area (Å²) >= 11 is 0. The smallest absolute Gasteiger partial charge is 0.407 e. The Hall–Kier alpha value is -3.88. The van der Waals surface area contributed by atoms with E-state index in [2.05, 4.69) is 16.0 Å². The number of hydrogen-bond donors (Lipinski definition) is 3. The van der Waals surface area contributed by atoms with E-state index >= 15 is 0 Å². The highest BCUT2D eigenvalue weighted by molar-refractivity contribution is 5.83. The lowest BCUT2D eigenvalue weighted by Gasteiger charge is -2.21. The van der Waals surface area contributed by atoms with E-state index in [1.807, 2.05) is 60.7 Å². The molecule has 0 fully saturated rings. The van der Waals surface area contributed by atoms with Gasteiger partial charge in [0.05, 0.1) is 12.5 Å². The number of carbonyl (C=O) groups is 4. The minimum Gasteiger partial charge on any atom is -0.461 e. The fourth-order valence-corrected chi connectivity index (χ4v) is 3.50. The van der Waals surface area contributed by atoms with Gasteiger partial charge in [0.2, 0.25) is 11.8 Å². The van der Waals surface area contributed by atoms with Crippen LogP contribution < -0.4 is 16.0 Å². The van der Waals surface area contributed by atoms with E-state index < -0.39 is 23.6 Å². The van der Waals surface area contributed by atoms with Gasteiger partial charge in [-0.1, -0.05) is 67.6 Å². The first kappa shape index (κ1) is 30.3. The molecule has 206 valence electrons. The van der Waals surface area contributed by atoms with Crippen molar-refractivity contribution < 1.29 is 28.7 Å². The molecule has 0 bridgehead atoms. The van der Waals surface area contributed by atoms with Crippen molar-refractivity contribution in [3.8, 4) is 0 Å². The molecule has 38 heavy (non-hydrogen) atoms. The maximum Gasteiger partial charge on any atom is 0.407 e. The minimum absolute atomic E-state index is 0.0509. The Kier molecular flexibility index (Phi) is 12.3. The third-order valence-electron chi connectivity index (χ3n) is 5.40. The Labute approximate surface area is 224 Å². The average Bonchev–Trinajstić information content (AvgIpc) is 2.86. The topological polar surface area (TPSA) is 123 Å². The van der Waals surface area contributed by atoms with Crippen LogP contribution in [0.4, 0.5) is 4.79 Å². The van der Waals surface area contributed by atoms with Crippen LogP contribution in [0, 0.1) is 5.92 Å². The molecule has 9 heteroatoms. The lowest BCUT2D eigenvalue weighted by atomic mass is 10.0. The van der Waals surface area contributed by atoms with Crippen molar-refractivity contribution in [3.05, 3.63) is 71.8 Å². The van der Waals surface area contributed by atoms with E-state index in [1.54, 1.807) is 27.7 Å². The highest BCUT2D eigenvalue weighted by atomic mass is 16.6. The Balaban J connectivity index is 1.83. The molecule has 3 amide bonds. The average molecular weight is 526 g/mol. The van der Waals surface area contributed by atoms with E-state index in [1.165, 1.54) is 0 Å². The Morgan fingerprint density at radius 1 is 0.868 bits per heavy atom. The number of alkyl carbamates (subject to hydrolysis) is 1. The number of amides is 3. The van der Waals surface area contributed by atoms with Gasteiger partial charge in [0, 0.05) is 25.4 Å². The Bertz CT molecular complexity index is 1040. The first-order valence-electron chi connectivity index (χ1n) is 12.8. The van der Waals surface area contributed by atoms with Gasteiger partial charge in [-0.25, -0.2) is 4.79 Å². The Morgan fingerprint density at radius 2 is 1.47 bits per heavy atom. The highest BCUT2D eigenvalue weighted by Gasteiger charge is 2.21. The zero-order chi connectivity index (χ0) is 28.0. The van der Waals surface area contributed by atoms with Crippen molar-refractivity contribution in [2.75, 3.05) is 13.1 Å². The van der Waals surface area contributed by atoms with E-state index in [9.17, 15) is 19.2 Å². The van der Waals surface area contributed by atoms with Gasteiger partial charge >= 0.3 is 12.1 Å². The summed E-state index contributed by atoms with van der Waals surface area (Å²) < 4.78 is 10.4. The fourth-order valence-electron chi connectivity index (χ4n) is 3.50. The van der Waals surface area contributed by atoms with Crippen LogP contribution in [0.15, 0.2) is 60.7 Å². The molecular weight excluding hydrogens is 486 g/mol. The van der Waals surface area contributed by atoms with E-state index in [4.69, 9.17) is 9.47 Å². The summed E-state index contributed by atoms with van der Waals surface area (Å²) in [6.07, 6.45) is -0.0816. The molecule has 0 saturated heterocycles. The number of rotatable bonds is 13. The lowest BCUT2D eigenvalue weighted by molar-refractivity contribution is -0.147.